The fourth-order valence-electron chi connectivity index (χ4n) is 13.3. The number of esters is 7. The van der Waals surface area contributed by atoms with Crippen molar-refractivity contribution in [3.05, 3.63) is 25.3 Å². The molecule has 0 amide bonds. The Labute approximate surface area is 628 Å². The third-order valence-electron chi connectivity index (χ3n) is 24.1. The molecule has 0 N–H and O–H groups in total. The van der Waals surface area contributed by atoms with Crippen molar-refractivity contribution in [2.45, 2.75) is 387 Å². The van der Waals surface area contributed by atoms with Crippen LogP contribution in [0.2, 0.25) is 0 Å². The quantitative estimate of drug-likeness (QED) is 0.0333. The smallest absolute Gasteiger partial charge is 0.344 e. The summed E-state index contributed by atoms with van der Waals surface area (Å²) in [6.45, 7) is 58.8. The van der Waals surface area contributed by atoms with Gasteiger partial charge in [-0.25, -0.2) is 4.79 Å². The number of carbonyl (C=O) groups excluding carboxylic acids is 7. The van der Waals surface area contributed by atoms with Crippen molar-refractivity contribution in [3.8, 4) is 0 Å². The van der Waals surface area contributed by atoms with Crippen LogP contribution in [0, 0.1) is 43.3 Å². The lowest BCUT2D eigenvalue weighted by Crippen LogP contribution is -2.53. The average molecular weight is 1460 g/mol. The Kier molecular flexibility index (Phi) is 40.9. The first-order chi connectivity index (χ1) is 47.8. The van der Waals surface area contributed by atoms with Crippen molar-refractivity contribution in [2.24, 2.45) is 43.3 Å². The van der Waals surface area contributed by atoms with E-state index in [9.17, 15) is 33.6 Å². The van der Waals surface area contributed by atoms with Gasteiger partial charge in [-0.05, 0) is 263 Å². The number of hydrogen-bond acceptors (Lipinski definition) is 17. The van der Waals surface area contributed by atoms with Gasteiger partial charge in [-0.1, -0.05) is 115 Å². The Hall–Kier alpha value is -4.35. The van der Waals surface area contributed by atoms with E-state index in [0.29, 0.717) is 52.5 Å². The summed E-state index contributed by atoms with van der Waals surface area (Å²) in [5, 5.41) is 0. The highest BCUT2D eigenvalue weighted by molar-refractivity contribution is 5.80. The van der Waals surface area contributed by atoms with E-state index in [2.05, 4.69) is 54.7 Å². The van der Waals surface area contributed by atoms with Gasteiger partial charge in [0.1, 0.15) is 34.6 Å². The van der Waals surface area contributed by atoms with Crippen molar-refractivity contribution in [2.75, 3.05) is 52.9 Å². The van der Waals surface area contributed by atoms with Crippen LogP contribution in [-0.2, 0) is 80.9 Å². The molecular weight excluding hydrogens is 1300 g/mol. The molecule has 0 aromatic carbocycles. The molecule has 17 nitrogen and oxygen atoms in total. The van der Waals surface area contributed by atoms with E-state index in [-0.39, 0.29) is 99.3 Å². The first-order valence-electron chi connectivity index (χ1n) is 40.3. The molecule has 103 heavy (non-hydrogen) atoms. The lowest BCUT2D eigenvalue weighted by Gasteiger charge is -2.49. The molecule has 0 aliphatic heterocycles. The van der Waals surface area contributed by atoms with Gasteiger partial charge in [-0.15, -0.1) is 0 Å². The summed E-state index contributed by atoms with van der Waals surface area (Å²) in [5.74, 6) is -1.62. The summed E-state index contributed by atoms with van der Waals surface area (Å²) in [7, 11) is 0. The molecule has 0 aromatic heterocycles. The second-order valence-corrected chi connectivity index (χ2v) is 35.3. The fraction of sp³-hybridized carbons (Fsp3) is 0.872. The van der Waals surface area contributed by atoms with Crippen LogP contribution >= 0.6 is 0 Å². The molecule has 17 heteroatoms. The summed E-state index contributed by atoms with van der Waals surface area (Å²) >= 11 is 0. The van der Waals surface area contributed by atoms with Gasteiger partial charge < -0.3 is 47.4 Å². The molecule has 0 heterocycles. The van der Waals surface area contributed by atoms with Crippen LogP contribution < -0.4 is 0 Å². The first kappa shape index (κ1) is 96.7. The minimum Gasteiger partial charge on any atom is -0.465 e. The fourth-order valence-corrected chi connectivity index (χ4v) is 13.3. The summed E-state index contributed by atoms with van der Waals surface area (Å²) in [4.78, 5) is 85.6. The molecule has 5 fully saturated rings. The third kappa shape index (κ3) is 29.6. The van der Waals surface area contributed by atoms with Gasteiger partial charge in [0.2, 0.25) is 0 Å². The third-order valence-corrected chi connectivity index (χ3v) is 24.1. The van der Waals surface area contributed by atoms with Crippen LogP contribution in [-0.4, -0.2) is 123 Å². The zero-order valence-corrected chi connectivity index (χ0v) is 70.4. The molecule has 0 radical (unpaired) electrons. The minimum absolute atomic E-state index is 0.0588. The van der Waals surface area contributed by atoms with Gasteiger partial charge in [0.15, 0.2) is 6.61 Å². The molecule has 0 atom stereocenters. The van der Waals surface area contributed by atoms with E-state index in [4.69, 9.17) is 47.4 Å². The van der Waals surface area contributed by atoms with Crippen molar-refractivity contribution < 1.29 is 80.9 Å². The summed E-state index contributed by atoms with van der Waals surface area (Å²) in [6, 6.07) is 0. The topological polar surface area (TPSA) is 212 Å². The normalized spacial score (nSPS) is 18.8. The van der Waals surface area contributed by atoms with Crippen LogP contribution in [0.3, 0.4) is 0 Å². The van der Waals surface area contributed by atoms with Crippen LogP contribution in [0.4, 0.5) is 0 Å². The van der Waals surface area contributed by atoms with Gasteiger partial charge in [0.05, 0.1) is 53.3 Å². The molecule has 0 spiro atoms. The maximum absolute atomic E-state index is 12.6. The Morgan fingerprint density at radius 2 is 0.553 bits per heavy atom. The van der Waals surface area contributed by atoms with Crippen molar-refractivity contribution in [1.29, 1.82) is 0 Å². The highest BCUT2D eigenvalue weighted by Crippen LogP contribution is 2.49. The van der Waals surface area contributed by atoms with Crippen LogP contribution in [0.15, 0.2) is 25.3 Å². The molecule has 600 valence electrons. The molecule has 0 saturated heterocycles. The molecule has 0 bridgehead atoms. The standard InChI is InChI=1S/C21H38O5.C20H36O5.C18H34O3.C14H24O2.C13H22O2/c1-7-19(3,4)18(23)25-15-12-17(22)26-21(13-10-9-11-14-21)20(5,6)16-24-8-2;1-7-18(3,4)17(22)24-14-16(21)25-20(12-10-9-11-13-20)19(5,6)15-23-8-2;1-7-16(3,4)15(19)21-18(12-10-9-11-13-18)17(5,6)14-20-8-2;1-5-13(3,4)12(15)16-14(6-2)10-8-7-9-11-14;1-5-12(3,4)11(14)15-13(6-2)9-7-8-10-13/h7-16H2,1-6H3;7-15H2,1-6H3;7-14H2,1-6H3;6H,2,5,7-11H2,1,3-4H3;6H,2,5,7-10H2,1,3-4H3. The maximum Gasteiger partial charge on any atom is 0.344 e. The Morgan fingerprint density at radius 1 is 0.311 bits per heavy atom. The lowest BCUT2D eigenvalue weighted by atomic mass is 9.67. The van der Waals surface area contributed by atoms with E-state index in [1.54, 1.807) is 0 Å². The molecular formula is C86H154O17. The summed E-state index contributed by atoms with van der Waals surface area (Å²) < 4.78 is 57.0. The number of rotatable bonds is 34. The van der Waals surface area contributed by atoms with E-state index in [0.717, 1.165) is 154 Å². The predicted octanol–water partition coefficient (Wildman–Crippen LogP) is 21.0. The van der Waals surface area contributed by atoms with E-state index < -0.39 is 33.4 Å². The predicted molar refractivity (Wildman–Crippen MR) is 413 cm³/mol. The van der Waals surface area contributed by atoms with Crippen LogP contribution in [0.5, 0.6) is 0 Å². The Morgan fingerprint density at radius 3 is 0.835 bits per heavy atom. The Bertz CT molecular complexity index is 2550. The minimum atomic E-state index is -0.586. The maximum atomic E-state index is 12.6. The van der Waals surface area contributed by atoms with E-state index in [1.807, 2.05) is 137 Å². The number of carbonyl (C=O) groups is 7. The molecule has 5 aliphatic carbocycles. The van der Waals surface area contributed by atoms with Gasteiger partial charge in [0.25, 0.3) is 0 Å². The van der Waals surface area contributed by atoms with Crippen LogP contribution in [0.25, 0.3) is 0 Å². The van der Waals surface area contributed by atoms with Crippen LogP contribution in [0.1, 0.15) is 359 Å². The largest absolute Gasteiger partial charge is 0.465 e. The molecule has 0 aromatic rings. The van der Waals surface area contributed by atoms with Gasteiger partial charge in [-0.2, -0.15) is 0 Å². The van der Waals surface area contributed by atoms with E-state index in [1.165, 1.54) is 19.3 Å². The summed E-state index contributed by atoms with van der Waals surface area (Å²) in [6.07, 6.45) is 32.3. The average Bonchev–Trinajstić information content (AvgIpc) is 1.70. The molecule has 5 rings (SSSR count). The van der Waals surface area contributed by atoms with Gasteiger partial charge in [-0.3, -0.25) is 28.8 Å². The zero-order valence-electron chi connectivity index (χ0n) is 70.4. The molecule has 0 unspecified atom stereocenters. The first-order valence-corrected chi connectivity index (χ1v) is 40.3. The SMILES string of the molecule is C=CC1(OC(=O)C(C)(C)CC)CCCC1.C=CC1(OC(=O)C(C)(C)CC)CCCCC1.CCOCC(C)(C)C1(OC(=O)C(C)(C)CC)CCCCC1.CCOCC(C)(C)C1(OC(=O)CCOC(=O)C(C)(C)CC)CCCCC1.CCOCC(C)(C)C1(OC(=O)COC(=O)C(C)(C)CC)CCCCC1. The van der Waals surface area contributed by atoms with Crippen molar-refractivity contribution in [3.63, 3.8) is 0 Å². The zero-order chi connectivity index (χ0) is 78.9. The summed E-state index contributed by atoms with van der Waals surface area (Å²) in [5.41, 5.74) is -5.14. The molecule has 5 aliphatic rings. The van der Waals surface area contributed by atoms with E-state index >= 15 is 0 Å². The number of hydrogen-bond donors (Lipinski definition) is 0. The highest BCUT2D eigenvalue weighted by Gasteiger charge is 2.53. The monoisotopic (exact) mass is 1460 g/mol. The second-order valence-electron chi connectivity index (χ2n) is 35.3. The lowest BCUT2D eigenvalue weighted by molar-refractivity contribution is -0.198. The number of ether oxygens (including phenoxy) is 10. The second kappa shape index (κ2) is 43.6. The van der Waals surface area contributed by atoms with Crippen molar-refractivity contribution >= 4 is 41.8 Å². The van der Waals surface area contributed by atoms with Crippen molar-refractivity contribution in [1.82, 2.24) is 0 Å². The highest BCUT2D eigenvalue weighted by atomic mass is 16.6. The van der Waals surface area contributed by atoms with Gasteiger partial charge in [0, 0.05) is 36.1 Å². The Balaban J connectivity index is 0.000000653. The molecule has 5 saturated carbocycles. The van der Waals surface area contributed by atoms with Gasteiger partial charge >= 0.3 is 41.8 Å².